The molecule has 8 heteroatoms. The number of likely N-dealkylation sites (N-methyl/N-ethyl adjacent to an activating group) is 1. The number of hydrogen-bond donors (Lipinski definition) is 2. The molecule has 2 rings (SSSR count). The summed E-state index contributed by atoms with van der Waals surface area (Å²) in [5.41, 5.74) is 0.830. The quantitative estimate of drug-likeness (QED) is 0.627. The van der Waals surface area contributed by atoms with E-state index in [1.165, 1.54) is 4.90 Å². The van der Waals surface area contributed by atoms with Crippen LogP contribution in [0.15, 0.2) is 24.3 Å². The fraction of sp³-hybridized carbons (Fsp3) is 0.500. The summed E-state index contributed by atoms with van der Waals surface area (Å²) in [5, 5.41) is 5.45. The highest BCUT2D eigenvalue weighted by Gasteiger charge is 2.37. The third kappa shape index (κ3) is 5.45. The van der Waals surface area contributed by atoms with Crippen LogP contribution in [0.2, 0.25) is 0 Å². The fourth-order valence-electron chi connectivity index (χ4n) is 2.62. The molecule has 1 heterocycles. The van der Waals surface area contributed by atoms with Crippen molar-refractivity contribution in [3.63, 3.8) is 0 Å². The number of nitrogens with one attached hydrogen (secondary N) is 2. The van der Waals surface area contributed by atoms with Gasteiger partial charge in [-0.3, -0.25) is 14.5 Å². The molecule has 26 heavy (non-hydrogen) atoms. The van der Waals surface area contributed by atoms with Gasteiger partial charge in [0.1, 0.15) is 11.8 Å². The van der Waals surface area contributed by atoms with E-state index in [-0.39, 0.29) is 31.2 Å². The van der Waals surface area contributed by atoms with Crippen LogP contribution in [0.1, 0.15) is 18.4 Å². The Kier molecular flexibility index (Phi) is 6.97. The number of carbonyl (C=O) groups is 3. The summed E-state index contributed by atoms with van der Waals surface area (Å²) in [6, 6.07) is 6.10. The molecule has 0 aromatic heterocycles. The third-order valence-electron chi connectivity index (χ3n) is 4.15. The molecule has 4 amide bonds. The minimum atomic E-state index is -0.652. The average molecular weight is 362 g/mol. The monoisotopic (exact) mass is 362 g/mol. The van der Waals surface area contributed by atoms with E-state index in [1.807, 2.05) is 31.1 Å². The van der Waals surface area contributed by atoms with Crippen molar-refractivity contribution in [3.05, 3.63) is 29.8 Å². The Bertz CT molecular complexity index is 645. The van der Waals surface area contributed by atoms with E-state index in [2.05, 4.69) is 10.6 Å². The Morgan fingerprint density at radius 3 is 2.58 bits per heavy atom. The van der Waals surface area contributed by atoms with Crippen LogP contribution in [0.3, 0.4) is 0 Å². The molecule has 1 unspecified atom stereocenters. The van der Waals surface area contributed by atoms with Gasteiger partial charge < -0.3 is 20.3 Å². The van der Waals surface area contributed by atoms with Gasteiger partial charge in [-0.05, 0) is 38.2 Å². The first-order valence-electron chi connectivity index (χ1n) is 8.57. The molecule has 1 aliphatic heterocycles. The van der Waals surface area contributed by atoms with Gasteiger partial charge in [-0.1, -0.05) is 12.1 Å². The van der Waals surface area contributed by atoms with Gasteiger partial charge in [0.2, 0.25) is 5.91 Å². The number of nitrogens with zero attached hydrogens (tertiary/aromatic N) is 2. The smallest absolute Gasteiger partial charge is 0.325 e. The second-order valence-electron chi connectivity index (χ2n) is 6.47. The SMILES string of the molecule is COc1ccc(CN2C(=O)NC(CCC(=O)NCCN(C)C)C2=O)cc1. The maximum absolute atomic E-state index is 12.4. The minimum Gasteiger partial charge on any atom is -0.497 e. The van der Waals surface area contributed by atoms with Crippen molar-refractivity contribution in [1.82, 2.24) is 20.4 Å². The van der Waals surface area contributed by atoms with Crippen LogP contribution in [-0.2, 0) is 16.1 Å². The number of hydrogen-bond acceptors (Lipinski definition) is 5. The zero-order valence-electron chi connectivity index (χ0n) is 15.4. The molecule has 2 N–H and O–H groups in total. The molecule has 1 aromatic rings. The van der Waals surface area contributed by atoms with E-state index < -0.39 is 12.1 Å². The third-order valence-corrected chi connectivity index (χ3v) is 4.15. The first kappa shape index (κ1) is 19.7. The standard InChI is InChI=1S/C18H26N4O4/c1-21(2)11-10-19-16(23)9-8-15-17(24)22(18(25)20-15)12-13-4-6-14(26-3)7-5-13/h4-7,15H,8-12H2,1-3H3,(H,19,23)(H,20,25). The van der Waals surface area contributed by atoms with Crippen LogP contribution in [0, 0.1) is 0 Å². The van der Waals surface area contributed by atoms with E-state index in [0.29, 0.717) is 12.3 Å². The van der Waals surface area contributed by atoms with Crippen LogP contribution in [0.5, 0.6) is 5.75 Å². The van der Waals surface area contributed by atoms with Crippen molar-refractivity contribution >= 4 is 17.8 Å². The Hall–Kier alpha value is -2.61. The van der Waals surface area contributed by atoms with Crippen molar-refractivity contribution in [1.29, 1.82) is 0 Å². The number of amides is 4. The normalized spacial score (nSPS) is 16.8. The van der Waals surface area contributed by atoms with E-state index in [4.69, 9.17) is 4.74 Å². The second kappa shape index (κ2) is 9.19. The Balaban J connectivity index is 1.82. The molecular formula is C18H26N4O4. The van der Waals surface area contributed by atoms with Gasteiger partial charge in [-0.2, -0.15) is 0 Å². The van der Waals surface area contributed by atoms with Crippen LogP contribution < -0.4 is 15.4 Å². The van der Waals surface area contributed by atoms with Gasteiger partial charge in [-0.25, -0.2) is 4.79 Å². The summed E-state index contributed by atoms with van der Waals surface area (Å²) in [4.78, 5) is 39.5. The van der Waals surface area contributed by atoms with Crippen molar-refractivity contribution in [2.24, 2.45) is 0 Å². The average Bonchev–Trinajstić information content (AvgIpc) is 2.88. The number of carbonyl (C=O) groups excluding carboxylic acids is 3. The molecular weight excluding hydrogens is 336 g/mol. The number of methoxy groups -OCH3 is 1. The summed E-state index contributed by atoms with van der Waals surface area (Å²) < 4.78 is 5.09. The molecule has 0 radical (unpaired) electrons. The van der Waals surface area contributed by atoms with Crippen LogP contribution in [0.25, 0.3) is 0 Å². The lowest BCUT2D eigenvalue weighted by Crippen LogP contribution is -2.34. The molecule has 1 fully saturated rings. The summed E-state index contributed by atoms with van der Waals surface area (Å²) in [6.07, 6.45) is 0.484. The van der Waals surface area contributed by atoms with E-state index in [0.717, 1.165) is 12.1 Å². The van der Waals surface area contributed by atoms with Crippen molar-refractivity contribution in [2.75, 3.05) is 34.3 Å². The largest absolute Gasteiger partial charge is 0.497 e. The summed E-state index contributed by atoms with van der Waals surface area (Å²) in [7, 11) is 5.43. The molecule has 1 aliphatic rings. The highest BCUT2D eigenvalue weighted by Crippen LogP contribution is 2.17. The van der Waals surface area contributed by atoms with Gasteiger partial charge >= 0.3 is 6.03 Å². The number of ether oxygens (including phenoxy) is 1. The highest BCUT2D eigenvalue weighted by molar-refractivity contribution is 6.04. The summed E-state index contributed by atoms with van der Waals surface area (Å²) >= 11 is 0. The molecule has 1 atom stereocenters. The van der Waals surface area contributed by atoms with E-state index in [9.17, 15) is 14.4 Å². The first-order valence-corrected chi connectivity index (χ1v) is 8.57. The predicted octanol–water partition coefficient (Wildman–Crippen LogP) is 0.574. The molecule has 8 nitrogen and oxygen atoms in total. The minimum absolute atomic E-state index is 0.123. The Morgan fingerprint density at radius 2 is 1.96 bits per heavy atom. The van der Waals surface area contributed by atoms with Gasteiger partial charge in [0.25, 0.3) is 5.91 Å². The summed E-state index contributed by atoms with van der Waals surface area (Å²) in [5.74, 6) is 0.290. The molecule has 0 spiro atoms. The van der Waals surface area contributed by atoms with Crippen molar-refractivity contribution in [3.8, 4) is 5.75 Å². The van der Waals surface area contributed by atoms with E-state index in [1.54, 1.807) is 19.2 Å². The molecule has 1 saturated heterocycles. The topological polar surface area (TPSA) is 91.0 Å². The lowest BCUT2D eigenvalue weighted by atomic mass is 10.1. The lowest BCUT2D eigenvalue weighted by Gasteiger charge is -2.13. The Labute approximate surface area is 153 Å². The summed E-state index contributed by atoms with van der Waals surface area (Å²) in [6.45, 7) is 1.50. The number of imide groups is 1. The fourth-order valence-corrected chi connectivity index (χ4v) is 2.62. The molecule has 142 valence electrons. The van der Waals surface area contributed by atoms with Gasteiger partial charge in [0.05, 0.1) is 13.7 Å². The molecule has 0 saturated carbocycles. The molecule has 0 bridgehead atoms. The van der Waals surface area contributed by atoms with Crippen LogP contribution in [-0.4, -0.2) is 68.0 Å². The van der Waals surface area contributed by atoms with Crippen molar-refractivity contribution in [2.45, 2.75) is 25.4 Å². The zero-order chi connectivity index (χ0) is 19.1. The second-order valence-corrected chi connectivity index (χ2v) is 6.47. The maximum Gasteiger partial charge on any atom is 0.325 e. The highest BCUT2D eigenvalue weighted by atomic mass is 16.5. The number of rotatable bonds is 9. The number of urea groups is 1. The van der Waals surface area contributed by atoms with Gasteiger partial charge in [-0.15, -0.1) is 0 Å². The lowest BCUT2D eigenvalue weighted by molar-refractivity contribution is -0.128. The van der Waals surface area contributed by atoms with E-state index >= 15 is 0 Å². The number of benzene rings is 1. The maximum atomic E-state index is 12.4. The van der Waals surface area contributed by atoms with Crippen LogP contribution >= 0.6 is 0 Å². The first-order chi connectivity index (χ1) is 12.4. The predicted molar refractivity (Wildman–Crippen MR) is 96.7 cm³/mol. The van der Waals surface area contributed by atoms with Crippen molar-refractivity contribution < 1.29 is 19.1 Å². The molecule has 0 aliphatic carbocycles. The molecule has 1 aromatic carbocycles. The Morgan fingerprint density at radius 1 is 1.27 bits per heavy atom. The zero-order valence-corrected chi connectivity index (χ0v) is 15.4. The van der Waals surface area contributed by atoms with Gasteiger partial charge in [0, 0.05) is 19.5 Å². The van der Waals surface area contributed by atoms with Gasteiger partial charge in [0.15, 0.2) is 0 Å². The van der Waals surface area contributed by atoms with Crippen LogP contribution in [0.4, 0.5) is 4.79 Å².